The molecular weight excluding hydrogens is 182 g/mol. The van der Waals surface area contributed by atoms with E-state index < -0.39 is 0 Å². The van der Waals surface area contributed by atoms with Crippen molar-refractivity contribution >= 4 is 16.3 Å². The minimum absolute atomic E-state index is 0.520. The van der Waals surface area contributed by atoms with Gasteiger partial charge in [0, 0.05) is 23.8 Å². The Kier molecular flexibility index (Phi) is 2.09. The first kappa shape index (κ1) is 8.72. The molecule has 2 heterocycles. The van der Waals surface area contributed by atoms with Gasteiger partial charge in [0.25, 0.3) is 0 Å². The highest BCUT2D eigenvalue weighted by atomic mass is 32.1. The summed E-state index contributed by atoms with van der Waals surface area (Å²) in [5, 5.41) is 2.16. The summed E-state index contributed by atoms with van der Waals surface area (Å²) in [4.78, 5) is 5.44. The van der Waals surface area contributed by atoms with Crippen molar-refractivity contribution in [2.45, 2.75) is 26.3 Å². The molecule has 0 fully saturated rings. The molecule has 0 spiro atoms. The number of aromatic nitrogens is 2. The van der Waals surface area contributed by atoms with Crippen LogP contribution in [0.4, 0.5) is 0 Å². The van der Waals surface area contributed by atoms with Crippen molar-refractivity contribution in [3.05, 3.63) is 23.0 Å². The molecule has 2 aromatic rings. The summed E-state index contributed by atoms with van der Waals surface area (Å²) in [6.45, 7) is 4.89. The number of hydrogen-bond acceptors (Lipinski definition) is 3. The molecule has 0 unspecified atom stereocenters. The summed E-state index contributed by atoms with van der Waals surface area (Å²) in [6.07, 6.45) is 2.03. The topological polar surface area (TPSA) is 43.3 Å². The van der Waals surface area contributed by atoms with Crippen molar-refractivity contribution in [1.82, 2.24) is 9.38 Å². The molecule has 0 bridgehead atoms. The molecule has 0 atom stereocenters. The number of imidazole rings is 1. The second-order valence-electron chi connectivity index (χ2n) is 3.40. The van der Waals surface area contributed by atoms with Crippen molar-refractivity contribution in [2.75, 3.05) is 0 Å². The zero-order valence-corrected chi connectivity index (χ0v) is 8.64. The Bertz CT molecular complexity index is 413. The lowest BCUT2D eigenvalue weighted by molar-refractivity contribution is 0.810. The standard InChI is InChI=1S/C9H13N3S/c1-6(2)8-5-13-9-11-7(3-10)4-12(8)9/h4-6H,3,10H2,1-2H3. The Labute approximate surface area is 81.2 Å². The largest absolute Gasteiger partial charge is 0.325 e. The van der Waals surface area contributed by atoms with Crippen LogP contribution in [0.25, 0.3) is 4.96 Å². The van der Waals surface area contributed by atoms with E-state index in [0.717, 1.165) is 10.7 Å². The predicted molar refractivity (Wildman–Crippen MR) is 55.0 cm³/mol. The molecule has 2 N–H and O–H groups in total. The maximum atomic E-state index is 5.53. The Hall–Kier alpha value is -0.870. The molecule has 0 aliphatic rings. The molecule has 0 radical (unpaired) electrons. The van der Waals surface area contributed by atoms with Crippen LogP contribution in [-0.4, -0.2) is 9.38 Å². The van der Waals surface area contributed by atoms with E-state index in [1.165, 1.54) is 5.69 Å². The van der Waals surface area contributed by atoms with Gasteiger partial charge in [-0.15, -0.1) is 11.3 Å². The number of nitrogens with zero attached hydrogens (tertiary/aromatic N) is 2. The van der Waals surface area contributed by atoms with Crippen LogP contribution in [-0.2, 0) is 6.54 Å². The van der Waals surface area contributed by atoms with E-state index in [2.05, 4.69) is 28.6 Å². The van der Waals surface area contributed by atoms with Gasteiger partial charge in [-0.05, 0) is 5.92 Å². The number of fused-ring (bicyclic) bond motifs is 1. The smallest absolute Gasteiger partial charge is 0.194 e. The molecule has 4 heteroatoms. The third kappa shape index (κ3) is 1.36. The Morgan fingerprint density at radius 3 is 3.00 bits per heavy atom. The van der Waals surface area contributed by atoms with E-state index in [-0.39, 0.29) is 0 Å². The van der Waals surface area contributed by atoms with E-state index in [1.54, 1.807) is 11.3 Å². The molecule has 0 saturated carbocycles. The lowest BCUT2D eigenvalue weighted by atomic mass is 10.2. The van der Waals surface area contributed by atoms with Gasteiger partial charge < -0.3 is 5.73 Å². The Morgan fingerprint density at radius 1 is 1.62 bits per heavy atom. The summed E-state index contributed by atoms with van der Waals surface area (Å²) in [5.41, 5.74) is 7.81. The molecule has 3 nitrogen and oxygen atoms in total. The quantitative estimate of drug-likeness (QED) is 0.796. The van der Waals surface area contributed by atoms with Gasteiger partial charge in [0.2, 0.25) is 0 Å². The average molecular weight is 195 g/mol. The summed E-state index contributed by atoms with van der Waals surface area (Å²) in [6, 6.07) is 0. The Morgan fingerprint density at radius 2 is 2.38 bits per heavy atom. The van der Waals surface area contributed by atoms with E-state index in [0.29, 0.717) is 12.5 Å². The monoisotopic (exact) mass is 195 g/mol. The molecule has 70 valence electrons. The minimum Gasteiger partial charge on any atom is -0.325 e. The zero-order valence-electron chi connectivity index (χ0n) is 7.82. The van der Waals surface area contributed by atoms with Crippen molar-refractivity contribution in [3.8, 4) is 0 Å². The number of thiazole rings is 1. The number of hydrogen-bond donors (Lipinski definition) is 1. The lowest BCUT2D eigenvalue weighted by Gasteiger charge is -2.00. The first-order valence-corrected chi connectivity index (χ1v) is 5.25. The van der Waals surface area contributed by atoms with Crippen LogP contribution < -0.4 is 5.73 Å². The van der Waals surface area contributed by atoms with Crippen LogP contribution in [0.3, 0.4) is 0 Å². The molecule has 13 heavy (non-hydrogen) atoms. The molecule has 0 amide bonds. The maximum absolute atomic E-state index is 5.53. The summed E-state index contributed by atoms with van der Waals surface area (Å²) < 4.78 is 2.14. The summed E-state index contributed by atoms with van der Waals surface area (Å²) in [5.74, 6) is 0.536. The lowest BCUT2D eigenvalue weighted by Crippen LogP contribution is -1.96. The first-order valence-electron chi connectivity index (χ1n) is 4.37. The van der Waals surface area contributed by atoms with Gasteiger partial charge in [0.05, 0.1) is 5.69 Å². The molecule has 0 aromatic carbocycles. The van der Waals surface area contributed by atoms with Crippen LogP contribution in [0.5, 0.6) is 0 Å². The van der Waals surface area contributed by atoms with Crippen molar-refractivity contribution in [3.63, 3.8) is 0 Å². The van der Waals surface area contributed by atoms with Gasteiger partial charge in [0.1, 0.15) is 0 Å². The number of rotatable bonds is 2. The Balaban J connectivity index is 2.58. The van der Waals surface area contributed by atoms with E-state index >= 15 is 0 Å². The second-order valence-corrected chi connectivity index (χ2v) is 4.24. The third-order valence-corrected chi connectivity index (χ3v) is 2.95. The maximum Gasteiger partial charge on any atom is 0.194 e. The van der Waals surface area contributed by atoms with Gasteiger partial charge >= 0.3 is 0 Å². The van der Waals surface area contributed by atoms with E-state index in [4.69, 9.17) is 5.73 Å². The molecule has 0 saturated heterocycles. The zero-order chi connectivity index (χ0) is 9.42. The highest BCUT2D eigenvalue weighted by Crippen LogP contribution is 2.22. The molecule has 2 aromatic heterocycles. The fourth-order valence-electron chi connectivity index (χ4n) is 1.36. The van der Waals surface area contributed by atoms with E-state index in [1.807, 2.05) is 6.20 Å². The van der Waals surface area contributed by atoms with Gasteiger partial charge in [-0.1, -0.05) is 13.8 Å². The van der Waals surface area contributed by atoms with Crippen LogP contribution in [0, 0.1) is 0 Å². The van der Waals surface area contributed by atoms with Crippen LogP contribution in [0.2, 0.25) is 0 Å². The molecule has 0 aliphatic carbocycles. The second kappa shape index (κ2) is 3.12. The molecule has 0 aliphatic heterocycles. The minimum atomic E-state index is 0.520. The van der Waals surface area contributed by atoms with Gasteiger partial charge in [0.15, 0.2) is 4.96 Å². The fourth-order valence-corrected chi connectivity index (χ4v) is 2.41. The van der Waals surface area contributed by atoms with Crippen molar-refractivity contribution in [2.24, 2.45) is 5.73 Å². The normalized spacial score (nSPS) is 11.7. The molecular formula is C9H13N3S. The number of nitrogens with two attached hydrogens (primary N) is 1. The summed E-state index contributed by atoms with van der Waals surface area (Å²) >= 11 is 1.67. The van der Waals surface area contributed by atoms with Crippen molar-refractivity contribution < 1.29 is 0 Å². The highest BCUT2D eigenvalue weighted by Gasteiger charge is 2.09. The van der Waals surface area contributed by atoms with Crippen LogP contribution in [0.15, 0.2) is 11.6 Å². The fraction of sp³-hybridized carbons (Fsp3) is 0.444. The highest BCUT2D eigenvalue weighted by molar-refractivity contribution is 7.15. The first-order chi connectivity index (χ1) is 6.22. The predicted octanol–water partition coefficient (Wildman–Crippen LogP) is 1.98. The van der Waals surface area contributed by atoms with Crippen molar-refractivity contribution in [1.29, 1.82) is 0 Å². The van der Waals surface area contributed by atoms with Gasteiger partial charge in [-0.25, -0.2) is 4.98 Å². The van der Waals surface area contributed by atoms with Crippen LogP contribution in [0.1, 0.15) is 31.2 Å². The summed E-state index contributed by atoms with van der Waals surface area (Å²) in [7, 11) is 0. The third-order valence-electron chi connectivity index (χ3n) is 2.09. The van der Waals surface area contributed by atoms with Gasteiger partial charge in [-0.2, -0.15) is 0 Å². The van der Waals surface area contributed by atoms with Gasteiger partial charge in [-0.3, -0.25) is 4.40 Å². The molecule has 2 rings (SSSR count). The average Bonchev–Trinajstić information content (AvgIpc) is 2.59. The van der Waals surface area contributed by atoms with Crippen LogP contribution >= 0.6 is 11.3 Å². The van der Waals surface area contributed by atoms with E-state index in [9.17, 15) is 0 Å². The SMILES string of the molecule is CC(C)c1csc2nc(CN)cn12.